The van der Waals surface area contributed by atoms with Gasteiger partial charge >= 0.3 is 6.18 Å². The van der Waals surface area contributed by atoms with Gasteiger partial charge in [-0.1, -0.05) is 13.8 Å². The number of nitrogens with zero attached hydrogens (tertiary/aromatic N) is 3. The second-order valence-corrected chi connectivity index (χ2v) is 4.38. The van der Waals surface area contributed by atoms with Crippen LogP contribution in [0.4, 0.5) is 13.2 Å². The van der Waals surface area contributed by atoms with Crippen molar-refractivity contribution in [3.8, 4) is 0 Å². The fraction of sp³-hybridized carbons (Fsp3) is 0.750. The minimum atomic E-state index is -4.39. The Kier molecular flexibility index (Phi) is 5.81. The van der Waals surface area contributed by atoms with Crippen LogP contribution in [0.15, 0.2) is 6.20 Å². The van der Waals surface area contributed by atoms with Gasteiger partial charge in [0.05, 0.1) is 0 Å². The maximum Gasteiger partial charge on any atom is 0.435 e. The molecule has 4 nitrogen and oxygen atoms in total. The van der Waals surface area contributed by atoms with Crippen molar-refractivity contribution < 1.29 is 13.2 Å². The molecule has 0 aliphatic heterocycles. The van der Waals surface area contributed by atoms with E-state index >= 15 is 0 Å². The number of halogens is 3. The van der Waals surface area contributed by atoms with E-state index < -0.39 is 11.9 Å². The summed E-state index contributed by atoms with van der Waals surface area (Å²) in [6, 6.07) is 0. The monoisotopic (exact) mass is 278 g/mol. The summed E-state index contributed by atoms with van der Waals surface area (Å²) in [5.41, 5.74) is -0.611. The van der Waals surface area contributed by atoms with Gasteiger partial charge in [-0.15, -0.1) is 0 Å². The number of rotatable bonds is 7. The number of alkyl halides is 3. The van der Waals surface area contributed by atoms with E-state index in [-0.39, 0.29) is 12.1 Å². The van der Waals surface area contributed by atoms with Crippen molar-refractivity contribution in [2.75, 3.05) is 26.2 Å². The number of aromatic nitrogens is 2. The van der Waals surface area contributed by atoms with Crippen LogP contribution < -0.4 is 5.32 Å². The molecule has 0 fully saturated rings. The molecule has 0 radical (unpaired) electrons. The Morgan fingerprint density at radius 2 is 1.95 bits per heavy atom. The van der Waals surface area contributed by atoms with Crippen LogP contribution in [0.2, 0.25) is 0 Å². The number of hydrogen-bond acceptors (Lipinski definition) is 3. The van der Waals surface area contributed by atoms with Crippen molar-refractivity contribution in [3.05, 3.63) is 17.5 Å². The molecule has 19 heavy (non-hydrogen) atoms. The molecule has 0 saturated heterocycles. The average Bonchev–Trinajstić information content (AvgIpc) is 2.71. The molecular weight excluding hydrogens is 257 g/mol. The average molecular weight is 278 g/mol. The minimum absolute atomic E-state index is 0.184. The van der Waals surface area contributed by atoms with Crippen molar-refractivity contribution >= 4 is 0 Å². The Balaban J connectivity index is 2.50. The molecule has 0 bridgehead atoms. The van der Waals surface area contributed by atoms with Gasteiger partial charge < -0.3 is 10.2 Å². The van der Waals surface area contributed by atoms with E-state index in [1.54, 1.807) is 0 Å². The van der Waals surface area contributed by atoms with E-state index in [0.717, 1.165) is 19.6 Å². The Hall–Kier alpha value is -1.08. The van der Waals surface area contributed by atoms with Crippen LogP contribution in [0.25, 0.3) is 0 Å². The highest BCUT2D eigenvalue weighted by Crippen LogP contribution is 2.30. The number of hydrogen-bond donors (Lipinski definition) is 1. The highest BCUT2D eigenvalue weighted by Gasteiger charge is 2.36. The second-order valence-electron chi connectivity index (χ2n) is 4.38. The number of nitrogens with one attached hydrogen (secondary N) is 1. The molecule has 7 heteroatoms. The predicted octanol–water partition coefficient (Wildman–Crippen LogP) is 1.87. The van der Waals surface area contributed by atoms with Crippen molar-refractivity contribution in [1.29, 1.82) is 0 Å². The van der Waals surface area contributed by atoms with Gasteiger partial charge in [0.15, 0.2) is 5.69 Å². The van der Waals surface area contributed by atoms with Crippen LogP contribution in [-0.4, -0.2) is 40.9 Å². The molecule has 1 rings (SSSR count). The van der Waals surface area contributed by atoms with Crippen molar-refractivity contribution in [2.24, 2.45) is 7.05 Å². The summed E-state index contributed by atoms with van der Waals surface area (Å²) in [6.07, 6.45) is -2.98. The zero-order valence-corrected chi connectivity index (χ0v) is 11.6. The molecule has 1 N–H and O–H groups in total. The van der Waals surface area contributed by atoms with Crippen molar-refractivity contribution in [1.82, 2.24) is 20.0 Å². The SMILES string of the molecule is CCN(CC)CCNCc1cn(C)nc1C(F)(F)F. The van der Waals surface area contributed by atoms with Gasteiger partial charge in [-0.25, -0.2) is 0 Å². The maximum atomic E-state index is 12.7. The first-order valence-corrected chi connectivity index (χ1v) is 6.41. The molecule has 1 aromatic rings. The van der Waals surface area contributed by atoms with Crippen molar-refractivity contribution in [3.63, 3.8) is 0 Å². The molecule has 110 valence electrons. The Bertz CT molecular complexity index is 383. The van der Waals surface area contributed by atoms with Crippen LogP contribution in [0.3, 0.4) is 0 Å². The molecule has 0 atom stereocenters. The minimum Gasteiger partial charge on any atom is -0.311 e. The summed E-state index contributed by atoms with van der Waals surface area (Å²) < 4.78 is 39.3. The molecule has 0 amide bonds. The van der Waals surface area contributed by atoms with Crippen LogP contribution in [0, 0.1) is 0 Å². The molecule has 0 aliphatic rings. The molecule has 1 aromatic heterocycles. The van der Waals surface area contributed by atoms with Crippen molar-refractivity contribution in [2.45, 2.75) is 26.6 Å². The highest BCUT2D eigenvalue weighted by atomic mass is 19.4. The molecule has 1 heterocycles. The number of likely N-dealkylation sites (N-methyl/N-ethyl adjacent to an activating group) is 1. The van der Waals surface area contributed by atoms with Crippen LogP contribution in [0.5, 0.6) is 0 Å². The van der Waals surface area contributed by atoms with Gasteiger partial charge in [0, 0.05) is 38.4 Å². The molecule has 0 unspecified atom stereocenters. The van der Waals surface area contributed by atoms with E-state index in [1.807, 2.05) is 0 Å². The van der Waals surface area contributed by atoms with E-state index in [4.69, 9.17) is 0 Å². The van der Waals surface area contributed by atoms with E-state index in [9.17, 15) is 13.2 Å². The Labute approximate surface area is 111 Å². The predicted molar refractivity (Wildman–Crippen MR) is 67.7 cm³/mol. The standard InChI is InChI=1S/C12H21F3N4/c1-4-19(5-2)7-6-16-8-10-9-18(3)17-11(10)12(13,14)15/h9,16H,4-8H2,1-3H3. The lowest BCUT2D eigenvalue weighted by atomic mass is 10.2. The normalized spacial score (nSPS) is 12.4. The summed E-state index contributed by atoms with van der Waals surface area (Å²) in [5, 5.41) is 6.50. The van der Waals surface area contributed by atoms with Gasteiger partial charge in [-0.2, -0.15) is 18.3 Å². The first kappa shape index (κ1) is 16.0. The first-order chi connectivity index (χ1) is 8.88. The van der Waals surface area contributed by atoms with Crippen LogP contribution in [0.1, 0.15) is 25.1 Å². The largest absolute Gasteiger partial charge is 0.435 e. The smallest absolute Gasteiger partial charge is 0.311 e. The van der Waals surface area contributed by atoms with Gasteiger partial charge in [-0.05, 0) is 13.1 Å². The van der Waals surface area contributed by atoms with Crippen LogP contribution >= 0.6 is 0 Å². The molecule has 0 aliphatic carbocycles. The Morgan fingerprint density at radius 1 is 1.32 bits per heavy atom. The molecular formula is C12H21F3N4. The fourth-order valence-electron chi connectivity index (χ4n) is 1.91. The summed E-state index contributed by atoms with van der Waals surface area (Å²) in [4.78, 5) is 2.21. The van der Waals surface area contributed by atoms with E-state index in [1.165, 1.54) is 17.9 Å². The first-order valence-electron chi connectivity index (χ1n) is 6.41. The molecule has 0 spiro atoms. The van der Waals surface area contributed by atoms with Gasteiger partial charge in [0.25, 0.3) is 0 Å². The molecule has 0 aromatic carbocycles. The summed E-state index contributed by atoms with van der Waals surface area (Å²) in [7, 11) is 1.49. The molecule has 0 saturated carbocycles. The number of aryl methyl sites for hydroxylation is 1. The highest BCUT2D eigenvalue weighted by molar-refractivity contribution is 5.19. The summed E-state index contributed by atoms with van der Waals surface area (Å²) in [5.74, 6) is 0. The Morgan fingerprint density at radius 3 is 2.47 bits per heavy atom. The maximum absolute atomic E-state index is 12.7. The van der Waals surface area contributed by atoms with Gasteiger partial charge in [0.2, 0.25) is 0 Å². The van der Waals surface area contributed by atoms with E-state index in [0.29, 0.717) is 6.54 Å². The fourth-order valence-corrected chi connectivity index (χ4v) is 1.91. The summed E-state index contributed by atoms with van der Waals surface area (Å²) >= 11 is 0. The van der Waals surface area contributed by atoms with E-state index in [2.05, 4.69) is 29.2 Å². The lowest BCUT2D eigenvalue weighted by molar-refractivity contribution is -0.142. The topological polar surface area (TPSA) is 33.1 Å². The zero-order valence-electron chi connectivity index (χ0n) is 11.6. The zero-order chi connectivity index (χ0) is 14.5. The third-order valence-electron chi connectivity index (χ3n) is 2.99. The quantitative estimate of drug-likeness (QED) is 0.773. The third-order valence-corrected chi connectivity index (χ3v) is 2.99. The lowest BCUT2D eigenvalue weighted by Gasteiger charge is -2.18. The lowest BCUT2D eigenvalue weighted by Crippen LogP contribution is -2.31. The second kappa shape index (κ2) is 6.91. The van der Waals surface area contributed by atoms with Crippen LogP contribution in [-0.2, 0) is 19.8 Å². The third kappa shape index (κ3) is 4.83. The summed E-state index contributed by atoms with van der Waals surface area (Å²) in [6.45, 7) is 7.68. The van der Waals surface area contributed by atoms with Gasteiger partial charge in [0.1, 0.15) is 0 Å². The van der Waals surface area contributed by atoms with Gasteiger partial charge in [-0.3, -0.25) is 4.68 Å².